The van der Waals surface area contributed by atoms with Crippen LogP contribution in [0, 0.1) is 0 Å². The fraction of sp³-hybridized carbons (Fsp3) is 0.500. The molecule has 0 spiro atoms. The Morgan fingerprint density at radius 2 is 2.19 bits per heavy atom. The largest absolute Gasteiger partial charge is 0.381 e. The van der Waals surface area contributed by atoms with Crippen molar-refractivity contribution in [1.29, 1.82) is 0 Å². The molecule has 1 fully saturated rings. The lowest BCUT2D eigenvalue weighted by Gasteiger charge is -2.18. The highest BCUT2D eigenvalue weighted by Gasteiger charge is 2.12. The molecule has 1 atom stereocenters. The van der Waals surface area contributed by atoms with Crippen molar-refractivity contribution in [3.05, 3.63) is 27.7 Å². The molecule has 1 aromatic rings. The van der Waals surface area contributed by atoms with Crippen LogP contribution in [0.15, 0.2) is 22.7 Å². The minimum Gasteiger partial charge on any atom is -0.381 e. The van der Waals surface area contributed by atoms with Crippen LogP contribution >= 0.6 is 27.5 Å². The van der Waals surface area contributed by atoms with Crippen LogP contribution in [-0.4, -0.2) is 19.1 Å². The topological polar surface area (TPSA) is 24.1 Å². The quantitative estimate of drug-likeness (QED) is 0.871. The normalized spacial score (nSPS) is 21.5. The second-order valence-corrected chi connectivity index (χ2v) is 5.44. The van der Waals surface area contributed by atoms with Crippen LogP contribution in [0.25, 0.3) is 0 Å². The SMILES string of the molecule is Clc1ccc(NC2CCCNCC2)c(Br)c1. The van der Waals surface area contributed by atoms with E-state index in [-0.39, 0.29) is 0 Å². The third kappa shape index (κ3) is 3.37. The fourth-order valence-electron chi connectivity index (χ4n) is 1.99. The third-order valence-corrected chi connectivity index (χ3v) is 3.76. The molecule has 2 rings (SSSR count). The number of benzene rings is 1. The Balaban J connectivity index is 2.01. The van der Waals surface area contributed by atoms with Gasteiger partial charge in [-0.15, -0.1) is 0 Å². The van der Waals surface area contributed by atoms with E-state index in [0.29, 0.717) is 6.04 Å². The van der Waals surface area contributed by atoms with Crippen molar-refractivity contribution in [1.82, 2.24) is 5.32 Å². The van der Waals surface area contributed by atoms with Gasteiger partial charge in [-0.3, -0.25) is 0 Å². The number of halogens is 2. The molecule has 0 bridgehead atoms. The first-order chi connectivity index (χ1) is 7.75. The Labute approximate surface area is 110 Å². The van der Waals surface area contributed by atoms with E-state index in [1.54, 1.807) is 0 Å². The van der Waals surface area contributed by atoms with Crippen molar-refractivity contribution in [3.63, 3.8) is 0 Å². The Kier molecular flexibility index (Phi) is 4.50. The zero-order chi connectivity index (χ0) is 11.4. The van der Waals surface area contributed by atoms with Crippen LogP contribution < -0.4 is 10.6 Å². The van der Waals surface area contributed by atoms with Gasteiger partial charge in [0.2, 0.25) is 0 Å². The van der Waals surface area contributed by atoms with Crippen molar-refractivity contribution in [2.45, 2.75) is 25.3 Å². The lowest BCUT2D eigenvalue weighted by atomic mass is 10.1. The second kappa shape index (κ2) is 5.89. The second-order valence-electron chi connectivity index (χ2n) is 4.15. The average Bonchev–Trinajstić information content (AvgIpc) is 2.51. The van der Waals surface area contributed by atoms with Gasteiger partial charge in [-0.25, -0.2) is 0 Å². The van der Waals surface area contributed by atoms with Crippen molar-refractivity contribution in [2.75, 3.05) is 18.4 Å². The van der Waals surface area contributed by atoms with Gasteiger partial charge in [-0.05, 0) is 66.5 Å². The summed E-state index contributed by atoms with van der Waals surface area (Å²) in [5, 5.41) is 7.75. The van der Waals surface area contributed by atoms with Crippen LogP contribution in [0.1, 0.15) is 19.3 Å². The highest BCUT2D eigenvalue weighted by Crippen LogP contribution is 2.27. The van der Waals surface area contributed by atoms with Gasteiger partial charge in [0.05, 0.1) is 0 Å². The van der Waals surface area contributed by atoms with Gasteiger partial charge in [0.15, 0.2) is 0 Å². The van der Waals surface area contributed by atoms with E-state index in [1.165, 1.54) is 19.3 Å². The molecule has 0 radical (unpaired) electrons. The molecule has 0 aromatic heterocycles. The lowest BCUT2D eigenvalue weighted by molar-refractivity contribution is 0.637. The summed E-state index contributed by atoms with van der Waals surface area (Å²) in [5.74, 6) is 0. The van der Waals surface area contributed by atoms with Gasteiger partial charge in [0.25, 0.3) is 0 Å². The summed E-state index contributed by atoms with van der Waals surface area (Å²) in [5.41, 5.74) is 1.14. The Morgan fingerprint density at radius 3 is 3.00 bits per heavy atom. The molecule has 1 heterocycles. The summed E-state index contributed by atoms with van der Waals surface area (Å²) in [6.07, 6.45) is 3.64. The molecular formula is C12H16BrClN2. The van der Waals surface area contributed by atoms with Crippen molar-refractivity contribution in [3.8, 4) is 0 Å². The minimum absolute atomic E-state index is 0.562. The standard InChI is InChI=1S/C12H16BrClN2/c13-11-8-9(14)3-4-12(11)16-10-2-1-6-15-7-5-10/h3-4,8,10,15-16H,1-2,5-7H2. The number of rotatable bonds is 2. The van der Waals surface area contributed by atoms with E-state index in [4.69, 9.17) is 11.6 Å². The first-order valence-electron chi connectivity index (χ1n) is 5.68. The lowest BCUT2D eigenvalue weighted by Crippen LogP contribution is -2.21. The van der Waals surface area contributed by atoms with Crippen molar-refractivity contribution < 1.29 is 0 Å². The first-order valence-corrected chi connectivity index (χ1v) is 6.85. The Bertz CT molecular complexity index is 349. The molecule has 0 amide bonds. The average molecular weight is 304 g/mol. The predicted octanol–water partition coefficient (Wildman–Crippen LogP) is 3.66. The molecule has 2 nitrogen and oxygen atoms in total. The summed E-state index contributed by atoms with van der Waals surface area (Å²) in [6.45, 7) is 2.24. The van der Waals surface area contributed by atoms with Gasteiger partial charge < -0.3 is 10.6 Å². The Morgan fingerprint density at radius 1 is 1.31 bits per heavy atom. The summed E-state index contributed by atoms with van der Waals surface area (Å²) in [7, 11) is 0. The highest BCUT2D eigenvalue weighted by molar-refractivity contribution is 9.10. The fourth-order valence-corrected chi connectivity index (χ4v) is 2.79. The van der Waals surface area contributed by atoms with Crippen LogP contribution in [0.5, 0.6) is 0 Å². The molecule has 1 saturated heterocycles. The summed E-state index contributed by atoms with van der Waals surface area (Å²) in [4.78, 5) is 0. The Hall–Kier alpha value is -0.250. The maximum Gasteiger partial charge on any atom is 0.0487 e. The molecule has 2 N–H and O–H groups in total. The van der Waals surface area contributed by atoms with Crippen LogP contribution in [-0.2, 0) is 0 Å². The summed E-state index contributed by atoms with van der Waals surface area (Å²) >= 11 is 9.45. The van der Waals surface area contributed by atoms with Crippen LogP contribution in [0.3, 0.4) is 0 Å². The number of hydrogen-bond acceptors (Lipinski definition) is 2. The third-order valence-electron chi connectivity index (χ3n) is 2.87. The first kappa shape index (κ1) is 12.2. The smallest absolute Gasteiger partial charge is 0.0487 e. The molecular weight excluding hydrogens is 288 g/mol. The number of anilines is 1. The maximum absolute atomic E-state index is 5.92. The molecule has 4 heteroatoms. The van der Waals surface area contributed by atoms with E-state index < -0.39 is 0 Å². The molecule has 0 aliphatic carbocycles. The van der Waals surface area contributed by atoms with Gasteiger partial charge >= 0.3 is 0 Å². The molecule has 1 unspecified atom stereocenters. The molecule has 0 saturated carbocycles. The van der Waals surface area contributed by atoms with Gasteiger partial charge in [0.1, 0.15) is 0 Å². The van der Waals surface area contributed by atoms with Crippen molar-refractivity contribution >= 4 is 33.2 Å². The zero-order valence-corrected chi connectivity index (χ0v) is 11.4. The van der Waals surface area contributed by atoms with Crippen LogP contribution in [0.4, 0.5) is 5.69 Å². The number of hydrogen-bond donors (Lipinski definition) is 2. The molecule has 1 aliphatic heterocycles. The monoisotopic (exact) mass is 302 g/mol. The highest BCUT2D eigenvalue weighted by atomic mass is 79.9. The van der Waals surface area contributed by atoms with E-state index >= 15 is 0 Å². The van der Waals surface area contributed by atoms with E-state index in [9.17, 15) is 0 Å². The number of nitrogens with one attached hydrogen (secondary N) is 2. The summed E-state index contributed by atoms with van der Waals surface area (Å²) < 4.78 is 1.04. The van der Waals surface area contributed by atoms with Crippen LogP contribution in [0.2, 0.25) is 5.02 Å². The molecule has 1 aliphatic rings. The summed E-state index contributed by atoms with van der Waals surface area (Å²) in [6, 6.07) is 6.44. The molecule has 16 heavy (non-hydrogen) atoms. The van der Waals surface area contributed by atoms with Gasteiger partial charge in [-0.2, -0.15) is 0 Å². The molecule has 1 aromatic carbocycles. The van der Waals surface area contributed by atoms with Gasteiger partial charge in [-0.1, -0.05) is 11.6 Å². The van der Waals surface area contributed by atoms with Crippen molar-refractivity contribution in [2.24, 2.45) is 0 Å². The van der Waals surface area contributed by atoms with E-state index in [1.807, 2.05) is 18.2 Å². The zero-order valence-electron chi connectivity index (χ0n) is 9.10. The van der Waals surface area contributed by atoms with E-state index in [2.05, 4.69) is 26.6 Å². The minimum atomic E-state index is 0.562. The molecule has 88 valence electrons. The maximum atomic E-state index is 5.92. The van der Waals surface area contributed by atoms with E-state index in [0.717, 1.165) is 28.3 Å². The van der Waals surface area contributed by atoms with Gasteiger partial charge in [0, 0.05) is 21.2 Å². The predicted molar refractivity (Wildman–Crippen MR) is 73.3 cm³/mol.